The molecule has 1 aromatic carbocycles. The Morgan fingerprint density at radius 2 is 2.25 bits per heavy atom. The van der Waals surface area contributed by atoms with E-state index in [2.05, 4.69) is 4.98 Å². The average molecular weight is 252 g/mol. The second-order valence-corrected chi connectivity index (χ2v) is 5.09. The van der Waals surface area contributed by atoms with E-state index in [1.54, 1.807) is 18.3 Å². The van der Waals surface area contributed by atoms with Gasteiger partial charge in [0, 0.05) is 29.0 Å². The summed E-state index contributed by atoms with van der Waals surface area (Å²) in [6, 6.07) is 6.79. The molecule has 6 heteroatoms. The Balaban J connectivity index is 2.12. The summed E-state index contributed by atoms with van der Waals surface area (Å²) < 4.78 is 0.929. The van der Waals surface area contributed by atoms with Crippen LogP contribution in [0.25, 0.3) is 0 Å². The molecule has 4 nitrogen and oxygen atoms in total. The van der Waals surface area contributed by atoms with E-state index < -0.39 is 0 Å². The fourth-order valence-electron chi connectivity index (χ4n) is 1.23. The zero-order chi connectivity index (χ0) is 11.4. The Bertz CT molecular complexity index is 485. The summed E-state index contributed by atoms with van der Waals surface area (Å²) in [5.41, 5.74) is 0.902. The van der Waals surface area contributed by atoms with Crippen molar-refractivity contribution in [3.8, 4) is 0 Å². The lowest BCUT2D eigenvalue weighted by Crippen LogP contribution is -1.93. The lowest BCUT2D eigenvalue weighted by Gasteiger charge is -2.00. The van der Waals surface area contributed by atoms with Gasteiger partial charge < -0.3 is 0 Å². The lowest BCUT2D eigenvalue weighted by molar-refractivity contribution is -0.385. The van der Waals surface area contributed by atoms with Gasteiger partial charge in [-0.1, -0.05) is 30.0 Å². The highest BCUT2D eigenvalue weighted by Crippen LogP contribution is 2.28. The van der Waals surface area contributed by atoms with Crippen molar-refractivity contribution in [3.05, 3.63) is 51.5 Å². The molecule has 0 aliphatic heterocycles. The van der Waals surface area contributed by atoms with Gasteiger partial charge in [-0.3, -0.25) is 10.1 Å². The van der Waals surface area contributed by atoms with Crippen molar-refractivity contribution in [2.24, 2.45) is 0 Å². The van der Waals surface area contributed by atoms with Gasteiger partial charge in [-0.05, 0) is 0 Å². The first-order valence-electron chi connectivity index (χ1n) is 4.52. The minimum atomic E-state index is -0.349. The zero-order valence-electron chi connectivity index (χ0n) is 8.20. The Morgan fingerprint density at radius 1 is 1.44 bits per heavy atom. The molecule has 1 aromatic heterocycles. The lowest BCUT2D eigenvalue weighted by atomic mass is 10.2. The van der Waals surface area contributed by atoms with Crippen LogP contribution in [-0.2, 0) is 5.75 Å². The van der Waals surface area contributed by atoms with Gasteiger partial charge in [0.1, 0.15) is 4.34 Å². The van der Waals surface area contributed by atoms with Gasteiger partial charge in [0.25, 0.3) is 5.69 Å². The van der Waals surface area contributed by atoms with E-state index in [0.29, 0.717) is 5.75 Å². The van der Waals surface area contributed by atoms with E-state index >= 15 is 0 Å². The van der Waals surface area contributed by atoms with E-state index in [9.17, 15) is 10.1 Å². The van der Waals surface area contributed by atoms with Gasteiger partial charge in [0.15, 0.2) is 0 Å². The van der Waals surface area contributed by atoms with Crippen molar-refractivity contribution in [1.82, 2.24) is 4.98 Å². The standard InChI is InChI=1S/C10H8N2O2S2/c13-12(14)9-4-2-1-3-8(9)7-16-10-11-5-6-15-10/h1-6H,7H2. The Morgan fingerprint density at radius 3 is 2.94 bits per heavy atom. The van der Waals surface area contributed by atoms with Gasteiger partial charge in [0.2, 0.25) is 0 Å². The van der Waals surface area contributed by atoms with Crippen LogP contribution in [0.3, 0.4) is 0 Å². The van der Waals surface area contributed by atoms with Crippen LogP contribution in [0.15, 0.2) is 40.2 Å². The second-order valence-electron chi connectivity index (χ2n) is 2.97. The third-order valence-electron chi connectivity index (χ3n) is 1.95. The third-order valence-corrected chi connectivity index (χ3v) is 3.96. The van der Waals surface area contributed by atoms with Crippen molar-refractivity contribution < 1.29 is 4.92 Å². The summed E-state index contributed by atoms with van der Waals surface area (Å²) in [5, 5.41) is 12.7. The fourth-order valence-corrected chi connectivity index (χ4v) is 2.87. The first-order valence-corrected chi connectivity index (χ1v) is 6.38. The summed E-state index contributed by atoms with van der Waals surface area (Å²) >= 11 is 3.05. The van der Waals surface area contributed by atoms with Crippen LogP contribution in [0.5, 0.6) is 0 Å². The molecule has 0 spiro atoms. The van der Waals surface area contributed by atoms with Crippen LogP contribution in [0.2, 0.25) is 0 Å². The molecule has 0 saturated carbocycles. The van der Waals surface area contributed by atoms with E-state index in [1.165, 1.54) is 29.2 Å². The molecule has 0 amide bonds. The molecule has 0 unspecified atom stereocenters. The zero-order valence-corrected chi connectivity index (χ0v) is 9.83. The Hall–Kier alpha value is -1.40. The number of thiazole rings is 1. The smallest absolute Gasteiger partial charge is 0.258 e. The number of rotatable bonds is 4. The number of thioether (sulfide) groups is 1. The van der Waals surface area contributed by atoms with Crippen molar-refractivity contribution in [2.45, 2.75) is 10.1 Å². The predicted molar refractivity (Wildman–Crippen MR) is 64.8 cm³/mol. The summed E-state index contributed by atoms with van der Waals surface area (Å²) in [6.07, 6.45) is 1.73. The van der Waals surface area contributed by atoms with E-state index in [1.807, 2.05) is 11.4 Å². The quantitative estimate of drug-likeness (QED) is 0.475. The number of nitrogens with zero attached hydrogens (tertiary/aromatic N) is 2. The molecular formula is C10H8N2O2S2. The Labute approximate surface area is 100 Å². The first kappa shape index (κ1) is 11.1. The van der Waals surface area contributed by atoms with Gasteiger partial charge in [-0.2, -0.15) is 0 Å². The van der Waals surface area contributed by atoms with Crippen LogP contribution in [-0.4, -0.2) is 9.91 Å². The largest absolute Gasteiger partial charge is 0.273 e. The van der Waals surface area contributed by atoms with E-state index in [0.717, 1.165) is 9.90 Å². The highest BCUT2D eigenvalue weighted by molar-refractivity contribution is 8.00. The molecule has 0 radical (unpaired) electrons. The van der Waals surface area contributed by atoms with E-state index in [4.69, 9.17) is 0 Å². The van der Waals surface area contributed by atoms with Gasteiger partial charge in [-0.15, -0.1) is 11.3 Å². The minimum absolute atomic E-state index is 0.173. The molecule has 0 aliphatic rings. The second kappa shape index (κ2) is 5.09. The number of aromatic nitrogens is 1. The van der Waals surface area contributed by atoms with Crippen molar-refractivity contribution in [2.75, 3.05) is 0 Å². The molecule has 1 heterocycles. The molecule has 0 aliphatic carbocycles. The molecule has 0 fully saturated rings. The number of hydrogen-bond donors (Lipinski definition) is 0. The van der Waals surface area contributed by atoms with Gasteiger partial charge in [0.05, 0.1) is 4.92 Å². The maximum atomic E-state index is 10.8. The van der Waals surface area contributed by atoms with Crippen molar-refractivity contribution in [1.29, 1.82) is 0 Å². The predicted octanol–water partition coefficient (Wildman–Crippen LogP) is 3.34. The van der Waals surface area contributed by atoms with Crippen molar-refractivity contribution in [3.63, 3.8) is 0 Å². The molecule has 0 bridgehead atoms. The minimum Gasteiger partial charge on any atom is -0.258 e. The Kier molecular flexibility index (Phi) is 3.53. The molecule has 2 rings (SSSR count). The van der Waals surface area contributed by atoms with Crippen molar-refractivity contribution >= 4 is 28.8 Å². The van der Waals surface area contributed by atoms with Crippen LogP contribution < -0.4 is 0 Å². The molecule has 0 atom stereocenters. The maximum absolute atomic E-state index is 10.8. The van der Waals surface area contributed by atoms with Crippen LogP contribution in [0, 0.1) is 10.1 Å². The highest BCUT2D eigenvalue weighted by atomic mass is 32.2. The summed E-state index contributed by atoms with van der Waals surface area (Å²) in [6.45, 7) is 0. The number of hydrogen-bond acceptors (Lipinski definition) is 5. The molecule has 2 aromatic rings. The maximum Gasteiger partial charge on any atom is 0.273 e. The van der Waals surface area contributed by atoms with Crippen LogP contribution >= 0.6 is 23.1 Å². The monoisotopic (exact) mass is 252 g/mol. The highest BCUT2D eigenvalue weighted by Gasteiger charge is 2.12. The van der Waals surface area contributed by atoms with Crippen LogP contribution in [0.1, 0.15) is 5.56 Å². The molecular weight excluding hydrogens is 244 g/mol. The summed E-state index contributed by atoms with van der Waals surface area (Å²) in [7, 11) is 0. The molecule has 16 heavy (non-hydrogen) atoms. The third kappa shape index (κ3) is 2.59. The molecule has 0 saturated heterocycles. The summed E-state index contributed by atoms with van der Waals surface area (Å²) in [5.74, 6) is 0.574. The van der Waals surface area contributed by atoms with Gasteiger partial charge in [-0.25, -0.2) is 4.98 Å². The molecule has 0 N–H and O–H groups in total. The number of nitro benzene ring substituents is 1. The molecule has 82 valence electrons. The van der Waals surface area contributed by atoms with Gasteiger partial charge >= 0.3 is 0 Å². The van der Waals surface area contributed by atoms with Crippen LogP contribution in [0.4, 0.5) is 5.69 Å². The summed E-state index contributed by atoms with van der Waals surface area (Å²) in [4.78, 5) is 14.5. The van der Waals surface area contributed by atoms with E-state index in [-0.39, 0.29) is 10.6 Å². The number of nitro groups is 1. The topological polar surface area (TPSA) is 56.0 Å². The first-order chi connectivity index (χ1) is 7.77. The average Bonchev–Trinajstić information content (AvgIpc) is 2.79. The fraction of sp³-hybridized carbons (Fsp3) is 0.100. The number of para-hydroxylation sites is 1. The normalized spacial score (nSPS) is 10.2. The SMILES string of the molecule is O=[N+]([O-])c1ccccc1CSc1nccs1. The number of benzene rings is 1.